The molecule has 0 bridgehead atoms. The van der Waals surface area contributed by atoms with Gasteiger partial charge in [0.25, 0.3) is 0 Å². The van der Waals surface area contributed by atoms with Gasteiger partial charge in [-0.05, 0) is 29.8 Å². The van der Waals surface area contributed by atoms with Gasteiger partial charge in [-0.2, -0.15) is 18.4 Å². The van der Waals surface area contributed by atoms with Crippen LogP contribution < -0.4 is 5.32 Å². The molecule has 3 rings (SSSR count). The Morgan fingerprint density at radius 3 is 2.57 bits per heavy atom. The Bertz CT molecular complexity index is 951. The number of carbonyl (C=O) groups is 2. The number of likely N-dealkylation sites (tertiary alicyclic amines) is 1. The average Bonchev–Trinajstić information content (AvgIpc) is 2.96. The van der Waals surface area contributed by atoms with E-state index in [0.717, 1.165) is 12.1 Å². The maximum atomic E-state index is 12.8. The summed E-state index contributed by atoms with van der Waals surface area (Å²) < 4.78 is 38.3. The molecule has 0 spiro atoms. The van der Waals surface area contributed by atoms with E-state index in [1.807, 2.05) is 6.07 Å². The lowest BCUT2D eigenvalue weighted by Crippen LogP contribution is -2.33. The van der Waals surface area contributed by atoms with Crippen molar-refractivity contribution in [3.63, 3.8) is 0 Å². The molecule has 0 unspecified atom stereocenters. The van der Waals surface area contributed by atoms with E-state index in [1.165, 1.54) is 42.4 Å². The van der Waals surface area contributed by atoms with Crippen molar-refractivity contribution in [2.75, 3.05) is 18.9 Å². The fourth-order valence-corrected chi connectivity index (χ4v) is 3.18. The molecule has 0 aliphatic carbocycles. The molecule has 1 aromatic heterocycles. The van der Waals surface area contributed by atoms with Gasteiger partial charge < -0.3 is 10.2 Å². The number of carbonyl (C=O) groups excluding carboxylic acids is 2. The number of rotatable bonds is 3. The minimum absolute atomic E-state index is 0.123. The number of benzene rings is 1. The number of alkyl halides is 3. The molecule has 1 aliphatic rings. The molecule has 28 heavy (non-hydrogen) atoms. The number of aromatic nitrogens is 1. The maximum absolute atomic E-state index is 12.8. The van der Waals surface area contributed by atoms with Gasteiger partial charge in [-0.15, -0.1) is 0 Å². The maximum Gasteiger partial charge on any atom is 0.416 e. The van der Waals surface area contributed by atoms with Gasteiger partial charge in [-0.3, -0.25) is 9.59 Å². The number of nitriles is 1. The first-order valence-electron chi connectivity index (χ1n) is 8.30. The molecular formula is C19H15F3N4O2. The predicted molar refractivity (Wildman–Crippen MR) is 92.9 cm³/mol. The number of nitrogens with one attached hydrogen (secondary N) is 1. The summed E-state index contributed by atoms with van der Waals surface area (Å²) in [7, 11) is 1.53. The number of nitrogens with zero attached hydrogens (tertiary/aromatic N) is 3. The lowest BCUT2D eigenvalue weighted by Gasteiger charge is -2.17. The van der Waals surface area contributed by atoms with Crippen LogP contribution in [-0.4, -0.2) is 35.3 Å². The van der Waals surface area contributed by atoms with Crippen molar-refractivity contribution in [3.8, 4) is 6.07 Å². The number of likely N-dealkylation sites (N-methyl/N-ethyl adjacent to an activating group) is 1. The van der Waals surface area contributed by atoms with Gasteiger partial charge in [0.1, 0.15) is 11.7 Å². The third-order valence-corrected chi connectivity index (χ3v) is 4.60. The van der Waals surface area contributed by atoms with E-state index in [2.05, 4.69) is 10.3 Å². The van der Waals surface area contributed by atoms with Crippen LogP contribution in [0, 0.1) is 17.2 Å². The number of hydrogen-bond donors (Lipinski definition) is 1. The van der Waals surface area contributed by atoms with Crippen LogP contribution in [0.25, 0.3) is 0 Å². The van der Waals surface area contributed by atoms with E-state index in [4.69, 9.17) is 5.26 Å². The minimum Gasteiger partial charge on any atom is -0.344 e. The Labute approximate surface area is 158 Å². The lowest BCUT2D eigenvalue weighted by molar-refractivity contribution is -0.138. The van der Waals surface area contributed by atoms with Gasteiger partial charge in [-0.25, -0.2) is 4.98 Å². The van der Waals surface area contributed by atoms with Crippen molar-refractivity contribution < 1.29 is 22.8 Å². The molecule has 6 nitrogen and oxygen atoms in total. The monoisotopic (exact) mass is 388 g/mol. The molecule has 2 amide bonds. The molecule has 144 valence electrons. The van der Waals surface area contributed by atoms with E-state index in [1.54, 1.807) is 0 Å². The molecule has 1 fully saturated rings. The molecular weight excluding hydrogens is 373 g/mol. The summed E-state index contributed by atoms with van der Waals surface area (Å²) >= 11 is 0. The standard InChI is InChI=1S/C19H15F3N4O2/c1-26-10-14(12-2-4-13(5-3-12)19(20,21)22)16(18(26)28)17(27)25-15-8-11(9-23)6-7-24-15/h2-8,14,16H,10H2,1H3,(H,24,25,27)/t14-,16+/m1/s1. The molecule has 2 heterocycles. The lowest BCUT2D eigenvalue weighted by atomic mass is 9.87. The molecule has 2 aromatic rings. The Kier molecular flexibility index (Phi) is 5.05. The normalized spacial score (nSPS) is 19.4. The van der Waals surface area contributed by atoms with Crippen LogP contribution in [0.3, 0.4) is 0 Å². The van der Waals surface area contributed by atoms with Crippen molar-refractivity contribution in [2.45, 2.75) is 12.1 Å². The molecule has 0 saturated carbocycles. The zero-order chi connectivity index (χ0) is 20.5. The zero-order valence-corrected chi connectivity index (χ0v) is 14.7. The Morgan fingerprint density at radius 2 is 1.96 bits per heavy atom. The topological polar surface area (TPSA) is 86.1 Å². The van der Waals surface area contributed by atoms with Crippen molar-refractivity contribution >= 4 is 17.6 Å². The van der Waals surface area contributed by atoms with Crippen LogP contribution in [-0.2, 0) is 15.8 Å². The number of amides is 2. The fourth-order valence-electron chi connectivity index (χ4n) is 3.18. The van der Waals surface area contributed by atoms with Gasteiger partial charge in [-0.1, -0.05) is 12.1 Å². The minimum atomic E-state index is -4.46. The second-order valence-corrected chi connectivity index (χ2v) is 6.45. The Morgan fingerprint density at radius 1 is 1.29 bits per heavy atom. The van der Waals surface area contributed by atoms with Crippen LogP contribution in [0.5, 0.6) is 0 Å². The van der Waals surface area contributed by atoms with Gasteiger partial charge in [0.2, 0.25) is 11.8 Å². The van der Waals surface area contributed by atoms with Crippen LogP contribution in [0.15, 0.2) is 42.6 Å². The van der Waals surface area contributed by atoms with Crippen molar-refractivity contribution in [1.82, 2.24) is 9.88 Å². The molecule has 1 saturated heterocycles. The average molecular weight is 388 g/mol. The Hall–Kier alpha value is -3.41. The molecule has 1 aliphatic heterocycles. The van der Waals surface area contributed by atoms with E-state index in [-0.39, 0.29) is 12.4 Å². The quantitative estimate of drug-likeness (QED) is 0.820. The predicted octanol–water partition coefficient (Wildman–Crippen LogP) is 2.78. The summed E-state index contributed by atoms with van der Waals surface area (Å²) in [4.78, 5) is 30.5. The van der Waals surface area contributed by atoms with Crippen molar-refractivity contribution in [1.29, 1.82) is 5.26 Å². The van der Waals surface area contributed by atoms with E-state index in [0.29, 0.717) is 11.1 Å². The van der Waals surface area contributed by atoms with Gasteiger partial charge >= 0.3 is 6.18 Å². The molecule has 1 N–H and O–H groups in total. The largest absolute Gasteiger partial charge is 0.416 e. The number of anilines is 1. The van der Waals surface area contributed by atoms with E-state index < -0.39 is 35.4 Å². The summed E-state index contributed by atoms with van der Waals surface area (Å²) in [5.74, 6) is -2.63. The Balaban J connectivity index is 1.86. The molecule has 1 aromatic carbocycles. The zero-order valence-electron chi connectivity index (χ0n) is 14.7. The second kappa shape index (κ2) is 7.31. The smallest absolute Gasteiger partial charge is 0.344 e. The summed E-state index contributed by atoms with van der Waals surface area (Å²) in [6.45, 7) is 0.202. The summed E-state index contributed by atoms with van der Waals surface area (Å²) in [6, 6.07) is 9.20. The van der Waals surface area contributed by atoms with Crippen molar-refractivity contribution in [2.24, 2.45) is 5.92 Å². The third-order valence-electron chi connectivity index (χ3n) is 4.60. The van der Waals surface area contributed by atoms with Gasteiger partial charge in [0.05, 0.1) is 17.2 Å². The molecule has 9 heteroatoms. The third kappa shape index (κ3) is 3.81. The molecule has 2 atom stereocenters. The summed E-state index contributed by atoms with van der Waals surface area (Å²) in [6.07, 6.45) is -3.11. The fraction of sp³-hybridized carbons (Fsp3) is 0.263. The SMILES string of the molecule is CN1C[C@H](c2ccc(C(F)(F)F)cc2)[C@@H](C(=O)Nc2cc(C#N)ccn2)C1=O. The van der Waals surface area contributed by atoms with Crippen molar-refractivity contribution in [3.05, 3.63) is 59.3 Å². The van der Waals surface area contributed by atoms with E-state index >= 15 is 0 Å². The second-order valence-electron chi connectivity index (χ2n) is 6.45. The number of hydrogen-bond acceptors (Lipinski definition) is 4. The first-order chi connectivity index (χ1) is 13.2. The summed E-state index contributed by atoms with van der Waals surface area (Å²) in [5, 5.41) is 11.4. The highest BCUT2D eigenvalue weighted by molar-refractivity contribution is 6.08. The number of pyridine rings is 1. The van der Waals surface area contributed by atoms with E-state index in [9.17, 15) is 22.8 Å². The first-order valence-corrected chi connectivity index (χ1v) is 8.30. The highest BCUT2D eigenvalue weighted by Gasteiger charge is 2.44. The number of halogens is 3. The van der Waals surface area contributed by atoms with Crippen LogP contribution in [0.1, 0.15) is 22.6 Å². The van der Waals surface area contributed by atoms with Crippen LogP contribution in [0.2, 0.25) is 0 Å². The van der Waals surface area contributed by atoms with Crippen LogP contribution >= 0.6 is 0 Å². The molecule has 0 radical (unpaired) electrons. The van der Waals surface area contributed by atoms with Gasteiger partial charge in [0, 0.05) is 25.7 Å². The summed E-state index contributed by atoms with van der Waals surface area (Å²) in [5.41, 5.74) is -0.0449. The first kappa shape index (κ1) is 19.4. The highest BCUT2D eigenvalue weighted by atomic mass is 19.4. The van der Waals surface area contributed by atoms with Crippen LogP contribution in [0.4, 0.5) is 19.0 Å². The van der Waals surface area contributed by atoms with Gasteiger partial charge in [0.15, 0.2) is 0 Å². The highest BCUT2D eigenvalue weighted by Crippen LogP contribution is 2.36.